The van der Waals surface area contributed by atoms with Crippen LogP contribution in [0.15, 0.2) is 46.5 Å². The van der Waals surface area contributed by atoms with Gasteiger partial charge in [-0.25, -0.2) is 4.98 Å². The highest BCUT2D eigenvalue weighted by Crippen LogP contribution is 2.18. The number of amides is 1. The van der Waals surface area contributed by atoms with Crippen LogP contribution in [0, 0.1) is 0 Å². The monoisotopic (exact) mass is 308 g/mol. The lowest BCUT2D eigenvalue weighted by Gasteiger charge is -2.02. The van der Waals surface area contributed by atoms with Crippen LogP contribution in [0.25, 0.3) is 6.08 Å². The van der Waals surface area contributed by atoms with E-state index in [-0.39, 0.29) is 5.91 Å². The average Bonchev–Trinajstić information content (AvgIpc) is 2.82. The van der Waals surface area contributed by atoms with Crippen LogP contribution in [0.4, 0.5) is 5.69 Å². The number of rotatable bonds is 3. The molecule has 0 bridgehead atoms. The lowest BCUT2D eigenvalue weighted by molar-refractivity contribution is -0.111. The molecule has 1 amide bonds. The van der Waals surface area contributed by atoms with Crippen molar-refractivity contribution >= 4 is 44.9 Å². The van der Waals surface area contributed by atoms with Crippen molar-refractivity contribution in [3.63, 3.8) is 0 Å². The van der Waals surface area contributed by atoms with Crippen LogP contribution in [0.3, 0.4) is 0 Å². The van der Waals surface area contributed by atoms with E-state index in [1.165, 1.54) is 6.08 Å². The number of carbonyl (C=O) groups excluding carboxylic acids is 1. The Morgan fingerprint density at radius 3 is 3.00 bits per heavy atom. The van der Waals surface area contributed by atoms with Crippen LogP contribution in [0.2, 0.25) is 0 Å². The second kappa shape index (κ2) is 5.75. The molecule has 0 spiro atoms. The third-order valence-electron chi connectivity index (χ3n) is 1.96. The molecule has 0 radical (unpaired) electrons. The van der Waals surface area contributed by atoms with Crippen LogP contribution >= 0.6 is 27.3 Å². The van der Waals surface area contributed by atoms with Gasteiger partial charge in [0.15, 0.2) is 0 Å². The molecule has 0 aliphatic rings. The molecule has 0 saturated carbocycles. The zero-order chi connectivity index (χ0) is 12.1. The van der Waals surface area contributed by atoms with E-state index in [4.69, 9.17) is 0 Å². The van der Waals surface area contributed by atoms with Gasteiger partial charge in [0.05, 0.1) is 5.69 Å². The van der Waals surface area contributed by atoms with Gasteiger partial charge in [-0.05, 0) is 45.6 Å². The molecule has 2 aromatic heterocycles. The van der Waals surface area contributed by atoms with E-state index in [1.807, 2.05) is 17.5 Å². The highest BCUT2D eigenvalue weighted by Gasteiger charge is 2.02. The largest absolute Gasteiger partial charge is 0.320 e. The van der Waals surface area contributed by atoms with Crippen molar-refractivity contribution in [3.8, 4) is 0 Å². The molecule has 0 aliphatic carbocycles. The summed E-state index contributed by atoms with van der Waals surface area (Å²) >= 11 is 4.85. The zero-order valence-corrected chi connectivity index (χ0v) is 11.2. The summed E-state index contributed by atoms with van der Waals surface area (Å²) in [7, 11) is 0. The quantitative estimate of drug-likeness (QED) is 0.696. The molecule has 1 N–H and O–H groups in total. The Hall–Kier alpha value is -1.46. The van der Waals surface area contributed by atoms with Gasteiger partial charge in [0.25, 0.3) is 0 Å². The third kappa shape index (κ3) is 3.51. The first-order valence-corrected chi connectivity index (χ1v) is 6.56. The molecule has 0 aromatic carbocycles. The molecule has 0 atom stereocenters. The maximum absolute atomic E-state index is 11.6. The molecule has 3 nitrogen and oxygen atoms in total. The maximum Gasteiger partial charge on any atom is 0.248 e. The lowest BCUT2D eigenvalue weighted by Crippen LogP contribution is -2.08. The molecule has 2 heterocycles. The summed E-state index contributed by atoms with van der Waals surface area (Å²) in [5.74, 6) is -0.174. The Kier molecular flexibility index (Phi) is 4.06. The van der Waals surface area contributed by atoms with E-state index in [0.717, 1.165) is 4.88 Å². The van der Waals surface area contributed by atoms with Crippen molar-refractivity contribution in [3.05, 3.63) is 51.4 Å². The summed E-state index contributed by atoms with van der Waals surface area (Å²) in [5, 5.41) is 4.71. The number of hydrogen-bond donors (Lipinski definition) is 1. The van der Waals surface area contributed by atoms with Crippen LogP contribution in [-0.2, 0) is 4.79 Å². The fourth-order valence-electron chi connectivity index (χ4n) is 1.20. The first-order valence-electron chi connectivity index (χ1n) is 4.89. The summed E-state index contributed by atoms with van der Waals surface area (Å²) < 4.78 is 0.623. The molecule has 86 valence electrons. The second-order valence-electron chi connectivity index (χ2n) is 3.18. The van der Waals surface area contributed by atoms with E-state index >= 15 is 0 Å². The van der Waals surface area contributed by atoms with E-state index in [9.17, 15) is 4.79 Å². The van der Waals surface area contributed by atoms with Crippen molar-refractivity contribution in [1.29, 1.82) is 0 Å². The van der Waals surface area contributed by atoms with Crippen LogP contribution in [-0.4, -0.2) is 10.9 Å². The Morgan fingerprint density at radius 2 is 2.29 bits per heavy atom. The number of carbonyl (C=O) groups is 1. The third-order valence-corrected chi connectivity index (χ3v) is 3.43. The smallest absolute Gasteiger partial charge is 0.248 e. The van der Waals surface area contributed by atoms with E-state index in [1.54, 1.807) is 35.7 Å². The Balaban J connectivity index is 2.01. The van der Waals surface area contributed by atoms with Crippen molar-refractivity contribution in [2.75, 3.05) is 5.32 Å². The van der Waals surface area contributed by atoms with Crippen LogP contribution in [0.5, 0.6) is 0 Å². The Bertz CT molecular complexity index is 537. The Labute approximate surface area is 111 Å². The first-order chi connectivity index (χ1) is 8.25. The predicted molar refractivity (Wildman–Crippen MR) is 73.9 cm³/mol. The van der Waals surface area contributed by atoms with Gasteiger partial charge in [-0.1, -0.05) is 6.07 Å². The van der Waals surface area contributed by atoms with Crippen LogP contribution in [0.1, 0.15) is 4.88 Å². The number of thiophene rings is 1. The van der Waals surface area contributed by atoms with E-state index in [2.05, 4.69) is 26.2 Å². The van der Waals surface area contributed by atoms with E-state index in [0.29, 0.717) is 10.3 Å². The molecule has 17 heavy (non-hydrogen) atoms. The number of aromatic nitrogens is 1. The molecule has 0 saturated heterocycles. The molecule has 0 unspecified atom stereocenters. The standard InChI is InChI=1S/C12H9BrN2OS/c13-12-10(4-1-7-14-12)15-11(16)6-5-9-3-2-8-17-9/h1-8H,(H,15,16)/b6-5+. The number of nitrogens with one attached hydrogen (secondary N) is 1. The normalized spacial score (nSPS) is 10.6. The minimum atomic E-state index is -0.174. The number of halogens is 1. The van der Waals surface area contributed by atoms with Gasteiger partial charge in [0.1, 0.15) is 4.60 Å². The molecule has 0 fully saturated rings. The van der Waals surface area contributed by atoms with Crippen molar-refractivity contribution < 1.29 is 4.79 Å². The van der Waals surface area contributed by atoms with Gasteiger partial charge < -0.3 is 5.32 Å². The summed E-state index contributed by atoms with van der Waals surface area (Å²) in [5.41, 5.74) is 0.660. The summed E-state index contributed by atoms with van der Waals surface area (Å²) in [6, 6.07) is 7.45. The van der Waals surface area contributed by atoms with Crippen molar-refractivity contribution in [1.82, 2.24) is 4.98 Å². The van der Waals surface area contributed by atoms with Crippen molar-refractivity contribution in [2.24, 2.45) is 0 Å². The SMILES string of the molecule is O=C(/C=C/c1cccs1)Nc1cccnc1Br. The molecular formula is C12H9BrN2OS. The number of pyridine rings is 1. The number of hydrogen-bond acceptors (Lipinski definition) is 3. The van der Waals surface area contributed by atoms with Gasteiger partial charge in [-0.3, -0.25) is 4.79 Å². The highest BCUT2D eigenvalue weighted by atomic mass is 79.9. The topological polar surface area (TPSA) is 42.0 Å². The molecule has 0 aliphatic heterocycles. The van der Waals surface area contributed by atoms with Crippen molar-refractivity contribution in [2.45, 2.75) is 0 Å². The zero-order valence-electron chi connectivity index (χ0n) is 8.76. The fraction of sp³-hybridized carbons (Fsp3) is 0. The van der Waals surface area contributed by atoms with Gasteiger partial charge in [-0.15, -0.1) is 11.3 Å². The molecule has 5 heteroatoms. The minimum Gasteiger partial charge on any atom is -0.320 e. The summed E-state index contributed by atoms with van der Waals surface area (Å²) in [6.45, 7) is 0. The summed E-state index contributed by atoms with van der Waals surface area (Å²) in [6.07, 6.45) is 4.94. The predicted octanol–water partition coefficient (Wildman–Crippen LogP) is 3.56. The molecule has 2 rings (SSSR count). The number of anilines is 1. The highest BCUT2D eigenvalue weighted by molar-refractivity contribution is 9.10. The lowest BCUT2D eigenvalue weighted by atomic mass is 10.3. The molecular weight excluding hydrogens is 300 g/mol. The van der Waals surface area contributed by atoms with Gasteiger partial charge in [-0.2, -0.15) is 0 Å². The second-order valence-corrected chi connectivity index (χ2v) is 4.91. The fourth-order valence-corrected chi connectivity index (χ4v) is 2.17. The molecule has 2 aromatic rings. The van der Waals surface area contributed by atoms with Gasteiger partial charge in [0, 0.05) is 17.2 Å². The van der Waals surface area contributed by atoms with Gasteiger partial charge in [0.2, 0.25) is 5.91 Å². The maximum atomic E-state index is 11.6. The Morgan fingerprint density at radius 1 is 1.41 bits per heavy atom. The first kappa shape index (κ1) is 12.0. The minimum absolute atomic E-state index is 0.174. The average molecular weight is 309 g/mol. The van der Waals surface area contributed by atoms with E-state index < -0.39 is 0 Å². The van der Waals surface area contributed by atoms with Gasteiger partial charge >= 0.3 is 0 Å². The van der Waals surface area contributed by atoms with Crippen LogP contribution < -0.4 is 5.32 Å². The number of nitrogens with zero attached hydrogens (tertiary/aromatic N) is 1. The summed E-state index contributed by atoms with van der Waals surface area (Å²) in [4.78, 5) is 16.7.